The van der Waals surface area contributed by atoms with E-state index >= 15 is 0 Å². The van der Waals surface area contributed by atoms with Crippen LogP contribution in [0.5, 0.6) is 0 Å². The molecule has 1 aromatic rings. The first kappa shape index (κ1) is 10.0. The molecule has 0 radical (unpaired) electrons. The van der Waals surface area contributed by atoms with Crippen molar-refractivity contribution < 1.29 is 0 Å². The summed E-state index contributed by atoms with van der Waals surface area (Å²) in [6.45, 7) is 6.67. The lowest BCUT2D eigenvalue weighted by Gasteiger charge is -2.09. The van der Waals surface area contributed by atoms with Gasteiger partial charge in [0.15, 0.2) is 0 Å². The Morgan fingerprint density at radius 2 is 1.50 bits per heavy atom. The molecule has 0 heterocycles. The smallest absolute Gasteiger partial charge is 0.0135 e. The standard InChI is InChI=1S/C11H15I/c1-4-9-6-11(12)7-10(5-2)8(9)3/h6-7H,4-5H2,1-3H3. The van der Waals surface area contributed by atoms with Crippen molar-refractivity contribution in [1.82, 2.24) is 0 Å². The molecular weight excluding hydrogens is 259 g/mol. The van der Waals surface area contributed by atoms with Crippen molar-refractivity contribution in [3.63, 3.8) is 0 Å². The van der Waals surface area contributed by atoms with Crippen LogP contribution in [-0.4, -0.2) is 0 Å². The van der Waals surface area contributed by atoms with Crippen LogP contribution in [0.2, 0.25) is 0 Å². The van der Waals surface area contributed by atoms with E-state index in [0.717, 1.165) is 12.8 Å². The molecule has 0 fully saturated rings. The van der Waals surface area contributed by atoms with E-state index in [4.69, 9.17) is 0 Å². The van der Waals surface area contributed by atoms with E-state index in [0.29, 0.717) is 0 Å². The van der Waals surface area contributed by atoms with Gasteiger partial charge in [0, 0.05) is 3.57 Å². The summed E-state index contributed by atoms with van der Waals surface area (Å²) in [7, 11) is 0. The van der Waals surface area contributed by atoms with Crippen LogP contribution in [0, 0.1) is 10.5 Å². The zero-order valence-electron chi connectivity index (χ0n) is 7.95. The summed E-state index contributed by atoms with van der Waals surface area (Å²) in [4.78, 5) is 0. The first-order valence-electron chi connectivity index (χ1n) is 4.47. The molecule has 1 aromatic carbocycles. The molecule has 0 saturated carbocycles. The second-order valence-electron chi connectivity index (χ2n) is 3.06. The van der Waals surface area contributed by atoms with E-state index in [1.807, 2.05) is 0 Å². The minimum absolute atomic E-state index is 1.15. The summed E-state index contributed by atoms with van der Waals surface area (Å²) in [5, 5.41) is 0. The van der Waals surface area contributed by atoms with Gasteiger partial charge in [0.05, 0.1) is 0 Å². The molecule has 0 N–H and O–H groups in total. The summed E-state index contributed by atoms with van der Waals surface area (Å²) in [6, 6.07) is 4.57. The Labute approximate surface area is 88.5 Å². The number of hydrogen-bond acceptors (Lipinski definition) is 0. The van der Waals surface area contributed by atoms with Crippen LogP contribution in [-0.2, 0) is 12.8 Å². The third-order valence-electron chi connectivity index (χ3n) is 2.35. The van der Waals surface area contributed by atoms with Gasteiger partial charge in [0.25, 0.3) is 0 Å². The molecule has 12 heavy (non-hydrogen) atoms. The van der Waals surface area contributed by atoms with Crippen molar-refractivity contribution in [2.75, 3.05) is 0 Å². The van der Waals surface area contributed by atoms with Crippen LogP contribution in [0.25, 0.3) is 0 Å². The lowest BCUT2D eigenvalue weighted by atomic mass is 9.99. The molecule has 0 atom stereocenters. The highest BCUT2D eigenvalue weighted by molar-refractivity contribution is 14.1. The monoisotopic (exact) mass is 274 g/mol. The Bertz CT molecular complexity index is 251. The summed E-state index contributed by atoms with van der Waals surface area (Å²) in [5.74, 6) is 0. The predicted octanol–water partition coefficient (Wildman–Crippen LogP) is 3.72. The van der Waals surface area contributed by atoms with E-state index < -0.39 is 0 Å². The summed E-state index contributed by atoms with van der Waals surface area (Å²) in [5.41, 5.74) is 4.48. The molecule has 0 amide bonds. The molecule has 0 bridgehead atoms. The van der Waals surface area contributed by atoms with Gasteiger partial charge in [-0.2, -0.15) is 0 Å². The number of hydrogen-bond donors (Lipinski definition) is 0. The normalized spacial score (nSPS) is 10.3. The minimum atomic E-state index is 1.15. The van der Waals surface area contributed by atoms with E-state index in [2.05, 4.69) is 55.5 Å². The highest BCUT2D eigenvalue weighted by Gasteiger charge is 2.02. The van der Waals surface area contributed by atoms with Crippen LogP contribution in [0.1, 0.15) is 30.5 Å². The van der Waals surface area contributed by atoms with E-state index in [1.54, 1.807) is 0 Å². The third kappa shape index (κ3) is 2.00. The van der Waals surface area contributed by atoms with Crippen molar-refractivity contribution in [3.05, 3.63) is 32.4 Å². The predicted molar refractivity (Wildman–Crippen MR) is 62.7 cm³/mol. The molecule has 0 aromatic heterocycles. The first-order valence-corrected chi connectivity index (χ1v) is 5.54. The molecule has 66 valence electrons. The third-order valence-corrected chi connectivity index (χ3v) is 2.97. The first-order chi connectivity index (χ1) is 5.69. The van der Waals surface area contributed by atoms with E-state index in [-0.39, 0.29) is 0 Å². The summed E-state index contributed by atoms with van der Waals surface area (Å²) < 4.78 is 1.37. The Morgan fingerprint density at radius 1 is 1.08 bits per heavy atom. The fraction of sp³-hybridized carbons (Fsp3) is 0.455. The number of benzene rings is 1. The topological polar surface area (TPSA) is 0 Å². The second-order valence-corrected chi connectivity index (χ2v) is 4.30. The van der Waals surface area contributed by atoms with Gasteiger partial charge >= 0.3 is 0 Å². The zero-order valence-corrected chi connectivity index (χ0v) is 10.1. The fourth-order valence-corrected chi connectivity index (χ4v) is 2.28. The molecule has 0 aliphatic carbocycles. The quantitative estimate of drug-likeness (QED) is 0.721. The maximum absolute atomic E-state index is 2.39. The fourth-order valence-electron chi connectivity index (χ4n) is 1.53. The van der Waals surface area contributed by atoms with Crippen LogP contribution < -0.4 is 0 Å². The Balaban J connectivity index is 3.22. The Hall–Kier alpha value is -0.0500. The largest absolute Gasteiger partial charge is 0.0613 e. The number of halogens is 1. The van der Waals surface area contributed by atoms with Gasteiger partial charge in [-0.1, -0.05) is 13.8 Å². The summed E-state index contributed by atoms with van der Waals surface area (Å²) in [6.07, 6.45) is 2.30. The highest BCUT2D eigenvalue weighted by Crippen LogP contribution is 2.19. The number of rotatable bonds is 2. The van der Waals surface area contributed by atoms with Gasteiger partial charge in [-0.25, -0.2) is 0 Å². The molecule has 0 nitrogen and oxygen atoms in total. The summed E-state index contributed by atoms with van der Waals surface area (Å²) >= 11 is 2.39. The van der Waals surface area contributed by atoms with Crippen LogP contribution in [0.4, 0.5) is 0 Å². The lowest BCUT2D eigenvalue weighted by Crippen LogP contribution is -1.94. The van der Waals surface area contributed by atoms with Crippen molar-refractivity contribution >= 4 is 22.6 Å². The molecule has 0 unspecified atom stereocenters. The zero-order chi connectivity index (χ0) is 9.14. The van der Waals surface area contributed by atoms with Crippen LogP contribution in [0.15, 0.2) is 12.1 Å². The maximum Gasteiger partial charge on any atom is 0.0135 e. The van der Waals surface area contributed by atoms with Crippen molar-refractivity contribution in [2.45, 2.75) is 33.6 Å². The van der Waals surface area contributed by atoms with Gasteiger partial charge in [0.2, 0.25) is 0 Å². The van der Waals surface area contributed by atoms with E-state index in [1.165, 1.54) is 20.3 Å². The van der Waals surface area contributed by atoms with Crippen LogP contribution in [0.3, 0.4) is 0 Å². The second kappa shape index (κ2) is 4.26. The molecule has 0 aliphatic heterocycles. The molecular formula is C11H15I. The molecule has 1 rings (SSSR count). The lowest BCUT2D eigenvalue weighted by molar-refractivity contribution is 1.04. The van der Waals surface area contributed by atoms with Gasteiger partial charge < -0.3 is 0 Å². The average Bonchev–Trinajstić information content (AvgIpc) is 2.08. The van der Waals surface area contributed by atoms with Crippen molar-refractivity contribution in [3.8, 4) is 0 Å². The van der Waals surface area contributed by atoms with E-state index in [9.17, 15) is 0 Å². The van der Waals surface area contributed by atoms with Crippen LogP contribution >= 0.6 is 22.6 Å². The highest BCUT2D eigenvalue weighted by atomic mass is 127. The number of aryl methyl sites for hydroxylation is 2. The van der Waals surface area contributed by atoms with Crippen molar-refractivity contribution in [1.29, 1.82) is 0 Å². The minimum Gasteiger partial charge on any atom is -0.0613 e. The van der Waals surface area contributed by atoms with Gasteiger partial charge in [-0.3, -0.25) is 0 Å². The molecule has 1 heteroatoms. The molecule has 0 spiro atoms. The van der Waals surface area contributed by atoms with Gasteiger partial charge in [-0.15, -0.1) is 0 Å². The van der Waals surface area contributed by atoms with Gasteiger partial charge in [0.1, 0.15) is 0 Å². The SMILES string of the molecule is CCc1cc(I)cc(CC)c1C. The molecule has 0 aliphatic rings. The Morgan fingerprint density at radius 3 is 1.83 bits per heavy atom. The van der Waals surface area contributed by atoms with Crippen molar-refractivity contribution in [2.24, 2.45) is 0 Å². The molecule has 0 saturated heterocycles. The maximum atomic E-state index is 2.39. The average molecular weight is 274 g/mol. The van der Waals surface area contributed by atoms with Gasteiger partial charge in [-0.05, 0) is 71.2 Å². The Kier molecular flexibility index (Phi) is 3.56.